The molecule has 57 heavy (non-hydrogen) atoms. The van der Waals surface area contributed by atoms with Gasteiger partial charge in [0.25, 0.3) is 0 Å². The van der Waals surface area contributed by atoms with Crippen molar-refractivity contribution in [1.29, 1.82) is 0 Å². The van der Waals surface area contributed by atoms with Crippen LogP contribution in [0.5, 0.6) is 11.5 Å². The first kappa shape index (κ1) is 34.1. The number of benzene rings is 8. The minimum Gasteiger partial charge on any atom is -0.497 e. The Balaban J connectivity index is 1.50. The van der Waals surface area contributed by atoms with Gasteiger partial charge >= 0.3 is 0 Å². The molecule has 2 aliphatic carbocycles. The third-order valence-electron chi connectivity index (χ3n) is 11.9. The largest absolute Gasteiger partial charge is 0.497 e. The molecule has 8 N–H and O–H groups in total. The maximum Gasteiger partial charge on any atom is 0.118 e. The van der Waals surface area contributed by atoms with Crippen LogP contribution in [0.25, 0.3) is 66.8 Å². The smallest absolute Gasteiger partial charge is 0.118 e. The van der Waals surface area contributed by atoms with Crippen LogP contribution in [0.15, 0.2) is 158 Å². The fraction of sp³-hybridized carbons (Fsp3) is 0.0588. The molecule has 0 saturated carbocycles. The fourth-order valence-electron chi connectivity index (χ4n) is 9.50. The van der Waals surface area contributed by atoms with E-state index < -0.39 is 5.41 Å². The van der Waals surface area contributed by atoms with E-state index in [0.717, 1.165) is 78.3 Å². The molecule has 0 saturated heterocycles. The highest BCUT2D eigenvalue weighted by Gasteiger charge is 2.55. The van der Waals surface area contributed by atoms with E-state index in [2.05, 4.69) is 109 Å². The highest BCUT2D eigenvalue weighted by atomic mass is 16.5. The first-order valence-corrected chi connectivity index (χ1v) is 19.0. The molecule has 0 atom stereocenters. The van der Waals surface area contributed by atoms with Crippen molar-refractivity contribution in [2.24, 2.45) is 0 Å². The van der Waals surface area contributed by atoms with Crippen LogP contribution in [0, 0.1) is 0 Å². The van der Waals surface area contributed by atoms with Gasteiger partial charge in [0.15, 0.2) is 0 Å². The van der Waals surface area contributed by atoms with Crippen molar-refractivity contribution in [3.05, 3.63) is 180 Å². The molecule has 0 unspecified atom stereocenters. The predicted octanol–water partition coefficient (Wildman–Crippen LogP) is 11.0. The first-order valence-electron chi connectivity index (χ1n) is 19.0. The van der Waals surface area contributed by atoms with E-state index in [1.165, 1.54) is 22.3 Å². The van der Waals surface area contributed by atoms with Crippen molar-refractivity contribution in [3.63, 3.8) is 0 Å². The van der Waals surface area contributed by atoms with Gasteiger partial charge in [0.2, 0.25) is 0 Å². The molecule has 0 aromatic heterocycles. The summed E-state index contributed by atoms with van der Waals surface area (Å²) in [5, 5.41) is 0. The summed E-state index contributed by atoms with van der Waals surface area (Å²) in [5.41, 5.74) is 46.3. The van der Waals surface area contributed by atoms with Crippen molar-refractivity contribution in [2.45, 2.75) is 5.41 Å². The van der Waals surface area contributed by atoms with Gasteiger partial charge in [-0.2, -0.15) is 0 Å². The Morgan fingerprint density at radius 1 is 0.368 bits per heavy atom. The van der Waals surface area contributed by atoms with Crippen molar-refractivity contribution in [1.82, 2.24) is 0 Å². The molecule has 0 radical (unpaired) electrons. The van der Waals surface area contributed by atoms with Crippen LogP contribution < -0.4 is 32.4 Å². The van der Waals surface area contributed by atoms with Gasteiger partial charge in [0.1, 0.15) is 11.5 Å². The maximum absolute atomic E-state index is 7.83. The topological polar surface area (TPSA) is 123 Å². The molecule has 6 nitrogen and oxygen atoms in total. The monoisotopic (exact) mass is 740 g/mol. The molecule has 276 valence electrons. The average Bonchev–Trinajstić information content (AvgIpc) is 3.71. The SMILES string of the molecule is COc1ccc(-c2c(N)c(-c3ccc(OC)cc3)c3c(c2-c2ccc(N)cc2)-c2c(-c4ccc(N)cc4)cc(N)cc2C32c3ccccc3-c3ccccc32)cc1. The summed E-state index contributed by atoms with van der Waals surface area (Å²) in [6, 6.07) is 54.4. The first-order chi connectivity index (χ1) is 27.8. The Kier molecular flexibility index (Phi) is 7.67. The second-order valence-corrected chi connectivity index (χ2v) is 14.8. The van der Waals surface area contributed by atoms with Crippen molar-refractivity contribution in [3.8, 4) is 78.3 Å². The Hall–Kier alpha value is -7.44. The number of nitrogen functional groups attached to an aromatic ring is 4. The average molecular weight is 741 g/mol. The highest BCUT2D eigenvalue weighted by molar-refractivity contribution is 6.15. The summed E-state index contributed by atoms with van der Waals surface area (Å²) < 4.78 is 11.3. The van der Waals surface area contributed by atoms with Crippen LogP contribution in [0.1, 0.15) is 22.3 Å². The molecule has 10 rings (SSSR count). The van der Waals surface area contributed by atoms with Gasteiger partial charge in [-0.1, -0.05) is 97.1 Å². The minimum absolute atomic E-state index is 0.659. The second kappa shape index (κ2) is 12.8. The molecule has 0 fully saturated rings. The number of ether oxygens (including phenoxy) is 2. The fourth-order valence-corrected chi connectivity index (χ4v) is 9.50. The lowest BCUT2D eigenvalue weighted by atomic mass is 9.67. The molecular formula is C51H40N4O2. The molecule has 2 aliphatic rings. The lowest BCUT2D eigenvalue weighted by Gasteiger charge is -2.34. The van der Waals surface area contributed by atoms with Crippen LogP contribution >= 0.6 is 0 Å². The lowest BCUT2D eigenvalue weighted by Crippen LogP contribution is -2.27. The standard InChI is InChI=1S/C51H40N4O2/c1-56-36-23-15-31(16-24-36)45-44(30-13-21-34(53)22-14-30)48-47-40(29-11-19-33(52)20-12-29)27-35(54)28-43(47)51(41-9-5-3-7-38(41)39-8-4-6-10-42(39)51)49(48)46(50(45)55)32-17-25-37(57-2)26-18-32/h3-28H,52-55H2,1-2H3. The second-order valence-electron chi connectivity index (χ2n) is 14.8. The molecule has 0 amide bonds. The number of methoxy groups -OCH3 is 2. The summed E-state index contributed by atoms with van der Waals surface area (Å²) in [7, 11) is 3.36. The zero-order valence-corrected chi connectivity index (χ0v) is 31.6. The van der Waals surface area contributed by atoms with Crippen LogP contribution in [0.3, 0.4) is 0 Å². The minimum atomic E-state index is -0.805. The third-order valence-corrected chi connectivity index (χ3v) is 11.9. The van der Waals surface area contributed by atoms with E-state index in [1.807, 2.05) is 48.5 Å². The van der Waals surface area contributed by atoms with Gasteiger partial charge in [-0.25, -0.2) is 0 Å². The summed E-state index contributed by atoms with van der Waals surface area (Å²) in [6.45, 7) is 0. The number of hydrogen-bond donors (Lipinski definition) is 4. The Morgan fingerprint density at radius 3 is 1.35 bits per heavy atom. The molecule has 1 spiro atoms. The van der Waals surface area contributed by atoms with E-state index in [4.69, 9.17) is 32.4 Å². The molecule has 0 bridgehead atoms. The van der Waals surface area contributed by atoms with Crippen LogP contribution in [0.4, 0.5) is 22.7 Å². The van der Waals surface area contributed by atoms with Gasteiger partial charge in [-0.05, 0) is 139 Å². The number of hydrogen-bond acceptors (Lipinski definition) is 6. The highest BCUT2D eigenvalue weighted by Crippen LogP contribution is 2.69. The summed E-state index contributed by atoms with van der Waals surface area (Å²) in [4.78, 5) is 0. The van der Waals surface area contributed by atoms with Gasteiger partial charge in [0, 0.05) is 33.9 Å². The van der Waals surface area contributed by atoms with Gasteiger partial charge in [0.05, 0.1) is 19.6 Å². The van der Waals surface area contributed by atoms with Gasteiger partial charge in [-0.3, -0.25) is 0 Å². The van der Waals surface area contributed by atoms with Crippen LogP contribution in [-0.2, 0) is 5.41 Å². The van der Waals surface area contributed by atoms with Crippen LogP contribution in [0.2, 0.25) is 0 Å². The zero-order chi connectivity index (χ0) is 39.0. The summed E-state index contributed by atoms with van der Waals surface area (Å²) in [6.07, 6.45) is 0. The van der Waals surface area contributed by atoms with Crippen molar-refractivity contribution < 1.29 is 9.47 Å². The van der Waals surface area contributed by atoms with Crippen molar-refractivity contribution in [2.75, 3.05) is 37.2 Å². The predicted molar refractivity (Wildman–Crippen MR) is 235 cm³/mol. The molecule has 8 aromatic rings. The van der Waals surface area contributed by atoms with Crippen LogP contribution in [-0.4, -0.2) is 14.2 Å². The summed E-state index contributed by atoms with van der Waals surface area (Å²) >= 11 is 0. The molecule has 0 aliphatic heterocycles. The number of rotatable bonds is 6. The Labute approximate surface area is 332 Å². The number of nitrogens with two attached hydrogens (primary N) is 4. The Bertz CT molecular complexity index is 2830. The maximum atomic E-state index is 7.83. The Morgan fingerprint density at radius 2 is 0.825 bits per heavy atom. The molecule has 6 heteroatoms. The van der Waals surface area contributed by atoms with E-state index in [0.29, 0.717) is 22.7 Å². The van der Waals surface area contributed by atoms with E-state index >= 15 is 0 Å². The zero-order valence-electron chi connectivity index (χ0n) is 31.6. The lowest BCUT2D eigenvalue weighted by molar-refractivity contribution is 0.415. The van der Waals surface area contributed by atoms with Gasteiger partial charge in [-0.15, -0.1) is 0 Å². The number of anilines is 4. The normalized spacial score (nSPS) is 12.8. The quantitative estimate of drug-likeness (QED) is 0.126. The van der Waals surface area contributed by atoms with Crippen molar-refractivity contribution >= 4 is 22.7 Å². The van der Waals surface area contributed by atoms with E-state index in [-0.39, 0.29) is 0 Å². The van der Waals surface area contributed by atoms with E-state index in [1.54, 1.807) is 14.2 Å². The molecular weight excluding hydrogens is 701 g/mol. The number of fused-ring (bicyclic) bond motifs is 10. The summed E-state index contributed by atoms with van der Waals surface area (Å²) in [5.74, 6) is 1.52. The molecule has 0 heterocycles. The third kappa shape index (κ3) is 4.90. The van der Waals surface area contributed by atoms with E-state index in [9.17, 15) is 0 Å². The van der Waals surface area contributed by atoms with Gasteiger partial charge < -0.3 is 32.4 Å². The molecule has 8 aromatic carbocycles.